The van der Waals surface area contributed by atoms with Gasteiger partial charge in [-0.1, -0.05) is 0 Å². The van der Waals surface area contributed by atoms with E-state index in [9.17, 15) is 20.0 Å². The molecular weight excluding hydrogens is 262 g/mol. The third kappa shape index (κ3) is 3.57. The average Bonchev–Trinajstić information content (AvgIpc) is 2.35. The maximum absolute atomic E-state index is 11.0. The van der Waals surface area contributed by atoms with Gasteiger partial charge in [-0.2, -0.15) is 0 Å². The van der Waals surface area contributed by atoms with Crippen LogP contribution in [0.4, 0.5) is 11.4 Å². The van der Waals surface area contributed by atoms with Crippen molar-refractivity contribution in [1.82, 2.24) is 0 Å². The molecule has 8 heteroatoms. The number of nitrogens with one attached hydrogen (secondary N) is 1. The van der Waals surface area contributed by atoms with Gasteiger partial charge in [-0.3, -0.25) is 14.9 Å². The summed E-state index contributed by atoms with van der Waals surface area (Å²) in [4.78, 5) is 21.2. The van der Waals surface area contributed by atoms with Gasteiger partial charge in [0.1, 0.15) is 5.69 Å². The number of hydrogen-bond donors (Lipinski definition) is 3. The van der Waals surface area contributed by atoms with E-state index in [-0.39, 0.29) is 29.4 Å². The summed E-state index contributed by atoms with van der Waals surface area (Å²) in [6, 6.07) is 3.71. The Morgan fingerprint density at radius 2 is 2.28 bits per heavy atom. The summed E-state index contributed by atoms with van der Waals surface area (Å²) in [5, 5.41) is 22.7. The van der Waals surface area contributed by atoms with Crippen molar-refractivity contribution in [3.05, 3.63) is 33.9 Å². The summed E-state index contributed by atoms with van der Waals surface area (Å²) in [6.45, 7) is 0.0343. The lowest BCUT2D eigenvalue weighted by Gasteiger charge is -2.10. The number of aliphatic hydroxyl groups excluding tert-OH is 1. The van der Waals surface area contributed by atoms with Crippen LogP contribution in [0.5, 0.6) is 0 Å². The molecule has 0 fully saturated rings. The van der Waals surface area contributed by atoms with Crippen LogP contribution >= 0.6 is 11.6 Å². The predicted octanol–water partition coefficient (Wildman–Crippen LogP) is 0.705. The zero-order valence-corrected chi connectivity index (χ0v) is 10.1. The van der Waals surface area contributed by atoms with Gasteiger partial charge in [-0.25, -0.2) is 0 Å². The lowest BCUT2D eigenvalue weighted by Crippen LogP contribution is -2.21. The first-order valence-electron chi connectivity index (χ1n) is 5.02. The highest BCUT2D eigenvalue weighted by Gasteiger charge is 2.16. The van der Waals surface area contributed by atoms with E-state index in [0.717, 1.165) is 0 Å². The van der Waals surface area contributed by atoms with Gasteiger partial charge in [0.2, 0.25) is 5.91 Å². The summed E-state index contributed by atoms with van der Waals surface area (Å²) in [6.07, 6.45) is -0.844. The fraction of sp³-hybridized carbons (Fsp3) is 0.300. The van der Waals surface area contributed by atoms with Crippen molar-refractivity contribution in [3.63, 3.8) is 0 Å². The van der Waals surface area contributed by atoms with Gasteiger partial charge in [-0.05, 0) is 12.1 Å². The zero-order valence-electron chi connectivity index (χ0n) is 9.30. The van der Waals surface area contributed by atoms with Crippen LogP contribution in [0.2, 0.25) is 0 Å². The molecule has 0 bridgehead atoms. The van der Waals surface area contributed by atoms with E-state index in [1.807, 2.05) is 0 Å². The second kappa shape index (κ2) is 6.18. The molecule has 4 N–H and O–H groups in total. The van der Waals surface area contributed by atoms with Gasteiger partial charge in [-0.15, -0.1) is 11.6 Å². The molecule has 1 unspecified atom stereocenters. The maximum Gasteiger partial charge on any atom is 0.292 e. The first kappa shape index (κ1) is 14.2. The van der Waals surface area contributed by atoms with Crippen molar-refractivity contribution in [3.8, 4) is 0 Å². The van der Waals surface area contributed by atoms with E-state index in [0.29, 0.717) is 0 Å². The molecule has 98 valence electrons. The van der Waals surface area contributed by atoms with Crippen LogP contribution in [-0.4, -0.2) is 34.5 Å². The first-order valence-corrected chi connectivity index (χ1v) is 5.55. The molecule has 1 aromatic carbocycles. The Kier molecular flexibility index (Phi) is 4.87. The number of nitro groups is 1. The monoisotopic (exact) mass is 273 g/mol. The summed E-state index contributed by atoms with van der Waals surface area (Å²) in [7, 11) is 0. The van der Waals surface area contributed by atoms with Gasteiger partial charge in [0.15, 0.2) is 0 Å². The number of primary amides is 1. The molecule has 0 aromatic heterocycles. The maximum atomic E-state index is 11.0. The molecule has 7 nitrogen and oxygen atoms in total. The Morgan fingerprint density at radius 1 is 1.61 bits per heavy atom. The molecule has 1 aromatic rings. The van der Waals surface area contributed by atoms with Gasteiger partial charge in [0, 0.05) is 18.2 Å². The number of alkyl halides is 1. The lowest BCUT2D eigenvalue weighted by molar-refractivity contribution is -0.384. The smallest absolute Gasteiger partial charge is 0.292 e. The highest BCUT2D eigenvalue weighted by atomic mass is 35.5. The van der Waals surface area contributed by atoms with Crippen LogP contribution in [0.1, 0.15) is 10.4 Å². The number of carbonyl (C=O) groups is 1. The first-order chi connectivity index (χ1) is 8.45. The Hall–Kier alpha value is -1.86. The van der Waals surface area contributed by atoms with Gasteiger partial charge < -0.3 is 16.2 Å². The molecule has 0 aliphatic carbocycles. The Balaban J connectivity index is 3.00. The molecule has 1 atom stereocenters. The Labute approximate surface area is 108 Å². The van der Waals surface area contributed by atoms with Crippen LogP contribution in [0.15, 0.2) is 18.2 Å². The van der Waals surface area contributed by atoms with Crippen LogP contribution < -0.4 is 11.1 Å². The van der Waals surface area contributed by atoms with Crippen LogP contribution in [-0.2, 0) is 0 Å². The van der Waals surface area contributed by atoms with E-state index < -0.39 is 16.9 Å². The molecule has 0 saturated carbocycles. The SMILES string of the molecule is NC(=O)c1ccc([N+](=O)[O-])c(NCC(O)CCl)c1. The van der Waals surface area contributed by atoms with Crippen molar-refractivity contribution < 1.29 is 14.8 Å². The van der Waals surface area contributed by atoms with E-state index in [1.54, 1.807) is 0 Å². The van der Waals surface area contributed by atoms with E-state index in [4.69, 9.17) is 17.3 Å². The molecule has 1 amide bonds. The fourth-order valence-electron chi connectivity index (χ4n) is 1.27. The number of carbonyl (C=O) groups excluding carboxylic acids is 1. The third-order valence-corrected chi connectivity index (χ3v) is 2.54. The Morgan fingerprint density at radius 3 is 2.78 bits per heavy atom. The number of benzene rings is 1. The van der Waals surface area contributed by atoms with Crippen molar-refractivity contribution in [1.29, 1.82) is 0 Å². The second-order valence-corrected chi connectivity index (χ2v) is 3.85. The van der Waals surface area contributed by atoms with Crippen LogP contribution in [0.25, 0.3) is 0 Å². The molecule has 18 heavy (non-hydrogen) atoms. The minimum absolute atomic E-state index is 0.00366. The number of halogens is 1. The van der Waals surface area contributed by atoms with E-state index in [1.165, 1.54) is 18.2 Å². The summed E-state index contributed by atoms with van der Waals surface area (Å²) >= 11 is 5.40. The van der Waals surface area contributed by atoms with Gasteiger partial charge in [0.05, 0.1) is 16.9 Å². The van der Waals surface area contributed by atoms with Crippen LogP contribution in [0.3, 0.4) is 0 Å². The summed E-state index contributed by atoms with van der Waals surface area (Å²) in [5.74, 6) is -0.693. The van der Waals surface area contributed by atoms with E-state index >= 15 is 0 Å². The van der Waals surface area contributed by atoms with Crippen molar-refractivity contribution in [2.24, 2.45) is 5.73 Å². The highest BCUT2D eigenvalue weighted by Crippen LogP contribution is 2.25. The number of nitrogens with zero attached hydrogens (tertiary/aromatic N) is 1. The molecule has 0 radical (unpaired) electrons. The number of rotatable bonds is 6. The zero-order chi connectivity index (χ0) is 13.7. The van der Waals surface area contributed by atoms with Crippen molar-refractivity contribution >= 4 is 28.9 Å². The quantitative estimate of drug-likeness (QED) is 0.401. The number of nitrogens with two attached hydrogens (primary N) is 1. The number of amides is 1. The highest BCUT2D eigenvalue weighted by molar-refractivity contribution is 6.18. The van der Waals surface area contributed by atoms with Crippen molar-refractivity contribution in [2.75, 3.05) is 17.7 Å². The van der Waals surface area contributed by atoms with Crippen LogP contribution in [0, 0.1) is 10.1 Å². The minimum atomic E-state index is -0.844. The number of nitro benzene ring substituents is 1. The van der Waals surface area contributed by atoms with Gasteiger partial charge >= 0.3 is 0 Å². The number of aliphatic hydroxyl groups is 1. The fourth-order valence-corrected chi connectivity index (χ4v) is 1.38. The molecule has 0 aliphatic rings. The molecule has 0 saturated heterocycles. The largest absolute Gasteiger partial charge is 0.390 e. The standard InChI is InChI=1S/C10H12ClN3O4/c11-4-7(15)5-13-8-3-6(10(12)16)1-2-9(8)14(17)18/h1-3,7,13,15H,4-5H2,(H2,12,16). The molecule has 0 spiro atoms. The minimum Gasteiger partial charge on any atom is -0.390 e. The predicted molar refractivity (Wildman–Crippen MR) is 66.8 cm³/mol. The molecule has 0 heterocycles. The average molecular weight is 274 g/mol. The third-order valence-electron chi connectivity index (χ3n) is 2.18. The second-order valence-electron chi connectivity index (χ2n) is 3.54. The number of anilines is 1. The summed E-state index contributed by atoms with van der Waals surface area (Å²) < 4.78 is 0. The van der Waals surface area contributed by atoms with E-state index in [2.05, 4.69) is 5.32 Å². The molecule has 0 aliphatic heterocycles. The van der Waals surface area contributed by atoms with Gasteiger partial charge in [0.25, 0.3) is 5.69 Å². The Bertz CT molecular complexity index is 466. The normalized spacial score (nSPS) is 11.9. The lowest BCUT2D eigenvalue weighted by atomic mass is 10.1. The number of hydrogen-bond acceptors (Lipinski definition) is 5. The topological polar surface area (TPSA) is 118 Å². The van der Waals surface area contributed by atoms with Crippen molar-refractivity contribution in [2.45, 2.75) is 6.10 Å². The summed E-state index contributed by atoms with van der Waals surface area (Å²) in [5.41, 5.74) is 5.13. The molecule has 1 rings (SSSR count). The molecular formula is C10H12ClN3O4.